The highest BCUT2D eigenvalue weighted by molar-refractivity contribution is 7.90. The number of benzene rings is 1. The number of piperidine rings is 1. The van der Waals surface area contributed by atoms with Crippen LogP contribution >= 0.6 is 0 Å². The van der Waals surface area contributed by atoms with E-state index in [0.29, 0.717) is 37.0 Å². The highest BCUT2D eigenvalue weighted by Crippen LogP contribution is 2.30. The average Bonchev–Trinajstić information content (AvgIpc) is 2.54. The monoisotopic (exact) mass is 313 g/mol. The molecule has 0 saturated carbocycles. The number of anilines is 1. The standard InChI is InChI=1S/C14H23N3O3S/c1-16(13-5-3-4-6-14(13)20-2)21(18,19)17-9-7-12(11-15)8-10-17/h3-6,12H,7-11,15H2,1-2H3. The van der Waals surface area contributed by atoms with Crippen LogP contribution in [0.2, 0.25) is 0 Å². The molecule has 1 heterocycles. The van der Waals surface area contributed by atoms with Gasteiger partial charge in [-0.15, -0.1) is 0 Å². The van der Waals surface area contributed by atoms with Crippen LogP contribution in [0.25, 0.3) is 0 Å². The van der Waals surface area contributed by atoms with Crippen LogP contribution in [0, 0.1) is 5.92 Å². The molecule has 6 nitrogen and oxygen atoms in total. The van der Waals surface area contributed by atoms with Crippen LogP contribution in [0.4, 0.5) is 5.69 Å². The second kappa shape index (κ2) is 6.64. The Morgan fingerprint density at radius 3 is 2.52 bits per heavy atom. The zero-order valence-electron chi connectivity index (χ0n) is 12.5. The van der Waals surface area contributed by atoms with Gasteiger partial charge in [0.25, 0.3) is 0 Å². The molecule has 1 aromatic carbocycles. The summed E-state index contributed by atoms with van der Waals surface area (Å²) in [4.78, 5) is 0. The molecule has 0 spiro atoms. The first kappa shape index (κ1) is 16.1. The van der Waals surface area contributed by atoms with E-state index in [2.05, 4.69) is 0 Å². The zero-order valence-corrected chi connectivity index (χ0v) is 13.3. The van der Waals surface area contributed by atoms with Crippen molar-refractivity contribution >= 4 is 15.9 Å². The lowest BCUT2D eigenvalue weighted by molar-refractivity contribution is 0.278. The molecule has 0 aliphatic carbocycles. The molecular weight excluding hydrogens is 290 g/mol. The van der Waals surface area contributed by atoms with Gasteiger partial charge >= 0.3 is 10.2 Å². The second-order valence-corrected chi connectivity index (χ2v) is 7.19. The minimum absolute atomic E-state index is 0.424. The molecular formula is C14H23N3O3S. The van der Waals surface area contributed by atoms with Gasteiger partial charge in [-0.25, -0.2) is 0 Å². The van der Waals surface area contributed by atoms with Crippen LogP contribution in [-0.4, -0.2) is 46.5 Å². The van der Waals surface area contributed by atoms with Crippen molar-refractivity contribution in [3.8, 4) is 5.75 Å². The van der Waals surface area contributed by atoms with Crippen molar-refractivity contribution in [1.82, 2.24) is 4.31 Å². The van der Waals surface area contributed by atoms with Crippen LogP contribution < -0.4 is 14.8 Å². The van der Waals surface area contributed by atoms with Crippen LogP contribution in [0.1, 0.15) is 12.8 Å². The van der Waals surface area contributed by atoms with Crippen molar-refractivity contribution < 1.29 is 13.2 Å². The molecule has 21 heavy (non-hydrogen) atoms. The summed E-state index contributed by atoms with van der Waals surface area (Å²) in [5.74, 6) is 0.966. The predicted octanol–water partition coefficient (Wildman–Crippen LogP) is 1.05. The lowest BCUT2D eigenvalue weighted by atomic mass is 9.99. The maximum absolute atomic E-state index is 12.7. The SMILES string of the molecule is COc1ccccc1N(C)S(=O)(=O)N1CCC(CN)CC1. The van der Waals surface area contributed by atoms with Gasteiger partial charge in [0.15, 0.2) is 0 Å². The van der Waals surface area contributed by atoms with Gasteiger partial charge in [-0.2, -0.15) is 12.7 Å². The quantitative estimate of drug-likeness (QED) is 0.881. The summed E-state index contributed by atoms with van der Waals surface area (Å²) in [5, 5.41) is 0. The topological polar surface area (TPSA) is 75.9 Å². The Labute approximate surface area is 126 Å². The number of nitrogens with zero attached hydrogens (tertiary/aromatic N) is 2. The number of hydrogen-bond acceptors (Lipinski definition) is 4. The minimum Gasteiger partial charge on any atom is -0.495 e. The third-order valence-electron chi connectivity index (χ3n) is 4.00. The molecule has 1 fully saturated rings. The Hall–Kier alpha value is -1.31. The first-order valence-electron chi connectivity index (χ1n) is 7.07. The number of rotatable bonds is 5. The van der Waals surface area contributed by atoms with Gasteiger partial charge in [-0.05, 0) is 37.4 Å². The van der Waals surface area contributed by atoms with Gasteiger partial charge in [0.2, 0.25) is 0 Å². The lowest BCUT2D eigenvalue weighted by Gasteiger charge is -2.34. The van der Waals surface area contributed by atoms with E-state index in [1.54, 1.807) is 25.2 Å². The Bertz CT molecular complexity index is 569. The van der Waals surface area contributed by atoms with Crippen molar-refractivity contribution in [2.24, 2.45) is 11.7 Å². The fourth-order valence-corrected chi connectivity index (χ4v) is 3.98. The summed E-state index contributed by atoms with van der Waals surface area (Å²) < 4.78 is 33.5. The summed E-state index contributed by atoms with van der Waals surface area (Å²) in [7, 11) is -0.442. The van der Waals surface area contributed by atoms with E-state index in [1.165, 1.54) is 15.7 Å². The summed E-state index contributed by atoms with van der Waals surface area (Å²) >= 11 is 0. The zero-order chi connectivity index (χ0) is 15.5. The molecule has 0 atom stereocenters. The molecule has 0 unspecified atom stereocenters. The van der Waals surface area contributed by atoms with Gasteiger partial charge in [-0.3, -0.25) is 4.31 Å². The Morgan fingerprint density at radius 1 is 1.33 bits per heavy atom. The van der Waals surface area contributed by atoms with Crippen molar-refractivity contribution in [2.75, 3.05) is 38.1 Å². The third kappa shape index (κ3) is 3.30. The molecule has 1 aliphatic heterocycles. The van der Waals surface area contributed by atoms with Crippen LogP contribution in [0.3, 0.4) is 0 Å². The van der Waals surface area contributed by atoms with Gasteiger partial charge in [-0.1, -0.05) is 12.1 Å². The molecule has 1 aliphatic rings. The van der Waals surface area contributed by atoms with E-state index >= 15 is 0 Å². The van der Waals surface area contributed by atoms with Crippen LogP contribution in [-0.2, 0) is 10.2 Å². The molecule has 0 radical (unpaired) electrons. The Morgan fingerprint density at radius 2 is 1.95 bits per heavy atom. The highest BCUT2D eigenvalue weighted by atomic mass is 32.2. The first-order chi connectivity index (χ1) is 10.0. The molecule has 2 rings (SSSR count). The first-order valence-corrected chi connectivity index (χ1v) is 8.47. The Balaban J connectivity index is 2.19. The van der Waals surface area contributed by atoms with Crippen molar-refractivity contribution in [3.63, 3.8) is 0 Å². The summed E-state index contributed by atoms with van der Waals surface area (Å²) in [6.07, 6.45) is 1.63. The molecule has 0 amide bonds. The Kier molecular flexibility index (Phi) is 5.08. The highest BCUT2D eigenvalue weighted by Gasteiger charge is 2.31. The molecule has 2 N–H and O–H groups in total. The number of methoxy groups -OCH3 is 1. The molecule has 0 aromatic heterocycles. The predicted molar refractivity (Wildman–Crippen MR) is 83.7 cm³/mol. The number of ether oxygens (including phenoxy) is 1. The van der Waals surface area contributed by atoms with Crippen molar-refractivity contribution in [3.05, 3.63) is 24.3 Å². The third-order valence-corrected chi connectivity index (χ3v) is 5.91. The van der Waals surface area contributed by atoms with Gasteiger partial charge < -0.3 is 10.5 Å². The van der Waals surface area contributed by atoms with Gasteiger partial charge in [0.05, 0.1) is 12.8 Å². The largest absolute Gasteiger partial charge is 0.495 e. The molecule has 1 saturated heterocycles. The maximum atomic E-state index is 12.7. The number of hydrogen-bond donors (Lipinski definition) is 1. The van der Waals surface area contributed by atoms with Gasteiger partial charge in [0, 0.05) is 20.1 Å². The van der Waals surface area contributed by atoms with E-state index in [1.807, 2.05) is 6.07 Å². The lowest BCUT2D eigenvalue weighted by Crippen LogP contribution is -2.46. The number of para-hydroxylation sites is 2. The van der Waals surface area contributed by atoms with Crippen LogP contribution in [0.5, 0.6) is 5.75 Å². The summed E-state index contributed by atoms with van der Waals surface area (Å²) in [6.45, 7) is 1.66. The van der Waals surface area contributed by atoms with Crippen molar-refractivity contribution in [1.29, 1.82) is 0 Å². The molecule has 0 bridgehead atoms. The summed E-state index contributed by atoms with van der Waals surface area (Å²) in [5.41, 5.74) is 6.19. The molecule has 118 valence electrons. The normalized spacial score (nSPS) is 17.7. The fraction of sp³-hybridized carbons (Fsp3) is 0.571. The fourth-order valence-electron chi connectivity index (χ4n) is 2.56. The van der Waals surface area contributed by atoms with Crippen LogP contribution in [0.15, 0.2) is 24.3 Å². The van der Waals surface area contributed by atoms with E-state index in [-0.39, 0.29) is 0 Å². The smallest absolute Gasteiger partial charge is 0.303 e. The van der Waals surface area contributed by atoms with E-state index in [4.69, 9.17) is 10.5 Å². The van der Waals surface area contributed by atoms with Crippen molar-refractivity contribution in [2.45, 2.75) is 12.8 Å². The number of nitrogens with two attached hydrogens (primary N) is 1. The molecule has 7 heteroatoms. The minimum atomic E-state index is -3.53. The average molecular weight is 313 g/mol. The van der Waals surface area contributed by atoms with E-state index in [0.717, 1.165) is 12.8 Å². The summed E-state index contributed by atoms with van der Waals surface area (Å²) in [6, 6.07) is 7.10. The van der Waals surface area contributed by atoms with E-state index < -0.39 is 10.2 Å². The van der Waals surface area contributed by atoms with E-state index in [9.17, 15) is 8.42 Å². The second-order valence-electron chi connectivity index (χ2n) is 5.23. The van der Waals surface area contributed by atoms with Gasteiger partial charge in [0.1, 0.15) is 5.75 Å². The molecule has 1 aromatic rings. The maximum Gasteiger partial charge on any atom is 0.303 e.